The fourth-order valence-electron chi connectivity index (χ4n) is 1.92. The lowest BCUT2D eigenvalue weighted by Gasteiger charge is -2.09. The van der Waals surface area contributed by atoms with Gasteiger partial charge in [-0.2, -0.15) is 5.10 Å². The van der Waals surface area contributed by atoms with E-state index in [1.807, 2.05) is 19.1 Å². The molecular weight excluding hydrogens is 454 g/mol. The average Bonchev–Trinajstić information content (AvgIpc) is 2.59. The lowest BCUT2D eigenvalue weighted by Crippen LogP contribution is -2.25. The zero-order valence-electron chi connectivity index (χ0n) is 13.6. The maximum absolute atomic E-state index is 11.8. The number of anilines is 1. The molecular formula is C17H17Br2N3O3. The number of carbonyl (C=O) groups excluding carboxylic acids is 1. The van der Waals surface area contributed by atoms with Gasteiger partial charge in [0.2, 0.25) is 0 Å². The molecule has 0 aliphatic rings. The van der Waals surface area contributed by atoms with Gasteiger partial charge in [-0.25, -0.2) is 5.43 Å². The summed E-state index contributed by atoms with van der Waals surface area (Å²) in [6.07, 6.45) is 1.47. The van der Waals surface area contributed by atoms with Crippen LogP contribution >= 0.6 is 31.9 Å². The minimum atomic E-state index is -0.283. The number of phenolic OH excluding ortho intramolecular Hbond substituents is 1. The van der Waals surface area contributed by atoms with E-state index in [2.05, 4.69) is 47.7 Å². The van der Waals surface area contributed by atoms with Crippen LogP contribution in [0.2, 0.25) is 0 Å². The summed E-state index contributed by atoms with van der Waals surface area (Å²) in [5, 5.41) is 16.4. The van der Waals surface area contributed by atoms with Gasteiger partial charge in [-0.05, 0) is 48.4 Å². The van der Waals surface area contributed by atoms with Gasteiger partial charge in [0, 0.05) is 14.6 Å². The molecule has 2 rings (SSSR count). The lowest BCUT2D eigenvalue weighted by molar-refractivity contribution is -0.119. The molecule has 0 unspecified atom stereocenters. The monoisotopic (exact) mass is 469 g/mol. The minimum Gasteiger partial charge on any atom is -0.504 e. The predicted molar refractivity (Wildman–Crippen MR) is 105 cm³/mol. The number of halogens is 2. The van der Waals surface area contributed by atoms with Gasteiger partial charge < -0.3 is 15.2 Å². The number of nitrogens with zero attached hydrogens (tertiary/aromatic N) is 1. The highest BCUT2D eigenvalue weighted by Crippen LogP contribution is 2.28. The van der Waals surface area contributed by atoms with Gasteiger partial charge >= 0.3 is 0 Å². The molecule has 1 amide bonds. The van der Waals surface area contributed by atoms with Crippen molar-refractivity contribution in [2.75, 3.05) is 19.0 Å². The first-order chi connectivity index (χ1) is 11.9. The molecule has 8 heteroatoms. The fourth-order valence-corrected chi connectivity index (χ4v) is 3.11. The van der Waals surface area contributed by atoms with Crippen LogP contribution in [0.4, 0.5) is 5.69 Å². The number of hydrogen-bond donors (Lipinski definition) is 3. The highest BCUT2D eigenvalue weighted by atomic mass is 79.9. The van der Waals surface area contributed by atoms with Crippen molar-refractivity contribution in [2.24, 2.45) is 5.10 Å². The van der Waals surface area contributed by atoms with E-state index in [4.69, 9.17) is 4.74 Å². The molecule has 2 aromatic rings. The van der Waals surface area contributed by atoms with E-state index >= 15 is 0 Å². The van der Waals surface area contributed by atoms with Crippen molar-refractivity contribution in [1.29, 1.82) is 0 Å². The smallest absolute Gasteiger partial charge is 0.259 e. The maximum Gasteiger partial charge on any atom is 0.259 e. The van der Waals surface area contributed by atoms with Gasteiger partial charge in [0.05, 0.1) is 19.9 Å². The first-order valence-corrected chi connectivity index (χ1v) is 8.87. The zero-order chi connectivity index (χ0) is 18.4. The largest absolute Gasteiger partial charge is 0.504 e. The number of methoxy groups -OCH3 is 1. The van der Waals surface area contributed by atoms with E-state index in [0.29, 0.717) is 11.3 Å². The van der Waals surface area contributed by atoms with Crippen molar-refractivity contribution in [1.82, 2.24) is 5.43 Å². The molecule has 0 saturated carbocycles. The van der Waals surface area contributed by atoms with Crippen LogP contribution in [0.25, 0.3) is 0 Å². The summed E-state index contributed by atoms with van der Waals surface area (Å²) >= 11 is 6.93. The van der Waals surface area contributed by atoms with Gasteiger partial charge in [0.1, 0.15) is 0 Å². The van der Waals surface area contributed by atoms with Gasteiger partial charge in [-0.3, -0.25) is 4.79 Å². The van der Waals surface area contributed by atoms with Crippen LogP contribution in [0.15, 0.2) is 44.4 Å². The number of rotatable bonds is 6. The maximum atomic E-state index is 11.8. The Balaban J connectivity index is 1.88. The number of nitrogens with one attached hydrogen (secondary N) is 2. The topological polar surface area (TPSA) is 83.0 Å². The summed E-state index contributed by atoms with van der Waals surface area (Å²) in [4.78, 5) is 11.8. The quantitative estimate of drug-likeness (QED) is 0.443. The molecule has 2 aromatic carbocycles. The number of amides is 1. The first kappa shape index (κ1) is 19.3. The van der Waals surface area contributed by atoms with E-state index in [9.17, 15) is 9.90 Å². The molecule has 6 nitrogen and oxygen atoms in total. The number of hydrogen-bond acceptors (Lipinski definition) is 5. The van der Waals surface area contributed by atoms with Crippen LogP contribution < -0.4 is 15.5 Å². The molecule has 132 valence electrons. The standard InChI is InChI=1S/C17H17Br2N3O3/c1-10-13(18)6-12(7-14(10)19)20-9-17(24)22-21-8-11-3-4-15(23)16(5-11)25-2/h3-8,20,23H,9H2,1-2H3,(H,22,24)/b21-8+. The second kappa shape index (κ2) is 8.87. The summed E-state index contributed by atoms with van der Waals surface area (Å²) in [6, 6.07) is 8.58. The highest BCUT2D eigenvalue weighted by molar-refractivity contribution is 9.11. The number of aromatic hydroxyl groups is 1. The Morgan fingerprint density at radius 1 is 1.28 bits per heavy atom. The third-order valence-electron chi connectivity index (χ3n) is 3.34. The molecule has 0 heterocycles. The molecule has 0 aliphatic carbocycles. The Labute approximate surface area is 162 Å². The van der Waals surface area contributed by atoms with Crippen LogP contribution in [-0.2, 0) is 4.79 Å². The summed E-state index contributed by atoms with van der Waals surface area (Å²) in [5.74, 6) is 0.102. The van der Waals surface area contributed by atoms with Crippen molar-refractivity contribution < 1.29 is 14.6 Å². The molecule has 0 atom stereocenters. The molecule has 0 radical (unpaired) electrons. The number of benzene rings is 2. The van der Waals surface area contributed by atoms with Gasteiger partial charge in [0.25, 0.3) is 5.91 Å². The van der Waals surface area contributed by atoms with Crippen molar-refractivity contribution >= 4 is 49.7 Å². The molecule has 0 fully saturated rings. The SMILES string of the molecule is COc1cc(/C=N/NC(=O)CNc2cc(Br)c(C)c(Br)c2)ccc1O. The van der Waals surface area contributed by atoms with Crippen LogP contribution in [0, 0.1) is 6.92 Å². The normalized spacial score (nSPS) is 10.7. The second-order valence-corrected chi connectivity index (χ2v) is 6.85. The van der Waals surface area contributed by atoms with Gasteiger partial charge in [-0.1, -0.05) is 31.9 Å². The van der Waals surface area contributed by atoms with Gasteiger partial charge in [-0.15, -0.1) is 0 Å². The van der Waals surface area contributed by atoms with E-state index in [-0.39, 0.29) is 18.2 Å². The fraction of sp³-hybridized carbons (Fsp3) is 0.176. The molecule has 0 aromatic heterocycles. The highest BCUT2D eigenvalue weighted by Gasteiger charge is 2.05. The summed E-state index contributed by atoms with van der Waals surface area (Å²) < 4.78 is 6.91. The van der Waals surface area contributed by atoms with E-state index in [0.717, 1.165) is 20.2 Å². The zero-order valence-corrected chi connectivity index (χ0v) is 16.8. The molecule has 25 heavy (non-hydrogen) atoms. The van der Waals surface area contributed by atoms with E-state index in [1.165, 1.54) is 19.4 Å². The average molecular weight is 471 g/mol. The van der Waals surface area contributed by atoms with E-state index < -0.39 is 0 Å². The Morgan fingerprint density at radius 2 is 1.96 bits per heavy atom. The third kappa shape index (κ3) is 5.47. The van der Waals surface area contributed by atoms with Crippen molar-refractivity contribution in [3.05, 3.63) is 50.4 Å². The number of phenols is 1. The lowest BCUT2D eigenvalue weighted by atomic mass is 10.2. The summed E-state index contributed by atoms with van der Waals surface area (Å²) in [5.41, 5.74) is 5.02. The number of hydrazone groups is 1. The van der Waals surface area contributed by atoms with Crippen molar-refractivity contribution in [3.63, 3.8) is 0 Å². The summed E-state index contributed by atoms with van der Waals surface area (Å²) in [6.45, 7) is 2.07. The molecule has 3 N–H and O–H groups in total. The molecule has 0 bridgehead atoms. The van der Waals surface area contributed by atoms with Crippen molar-refractivity contribution in [2.45, 2.75) is 6.92 Å². The van der Waals surface area contributed by atoms with E-state index in [1.54, 1.807) is 12.1 Å². The third-order valence-corrected chi connectivity index (χ3v) is 4.99. The van der Waals surface area contributed by atoms with Crippen molar-refractivity contribution in [3.8, 4) is 11.5 Å². The molecule has 0 spiro atoms. The van der Waals surface area contributed by atoms with Gasteiger partial charge in [0.15, 0.2) is 11.5 Å². The minimum absolute atomic E-state index is 0.0447. The van der Waals surface area contributed by atoms with Crippen LogP contribution in [0.5, 0.6) is 11.5 Å². The Bertz CT molecular complexity index is 787. The summed E-state index contributed by atoms with van der Waals surface area (Å²) in [7, 11) is 1.46. The molecule has 0 saturated heterocycles. The first-order valence-electron chi connectivity index (χ1n) is 7.29. The second-order valence-electron chi connectivity index (χ2n) is 5.14. The van der Waals surface area contributed by atoms with Crippen LogP contribution in [0.1, 0.15) is 11.1 Å². The Hall–Kier alpha value is -2.06. The predicted octanol–water partition coefficient (Wildman–Crippen LogP) is 3.80. The number of carbonyl (C=O) groups is 1. The number of ether oxygens (including phenoxy) is 1. The Morgan fingerprint density at radius 3 is 2.60 bits per heavy atom. The Kier molecular flexibility index (Phi) is 6.83. The van der Waals surface area contributed by atoms with Crippen LogP contribution in [-0.4, -0.2) is 30.9 Å². The van der Waals surface area contributed by atoms with Crippen LogP contribution in [0.3, 0.4) is 0 Å². The molecule has 0 aliphatic heterocycles.